The predicted octanol–water partition coefficient (Wildman–Crippen LogP) is 1.34. The van der Waals surface area contributed by atoms with Crippen molar-refractivity contribution in [1.82, 2.24) is 20.0 Å². The van der Waals surface area contributed by atoms with E-state index in [1.807, 2.05) is 20.9 Å². The van der Waals surface area contributed by atoms with Crippen LogP contribution in [0.4, 0.5) is 0 Å². The molecule has 0 fully saturated rings. The smallest absolute Gasteiger partial charge is 0.251 e. The van der Waals surface area contributed by atoms with Crippen LogP contribution in [0.3, 0.4) is 0 Å². The molecule has 5 nitrogen and oxygen atoms in total. The summed E-state index contributed by atoms with van der Waals surface area (Å²) in [4.78, 5) is 0. The van der Waals surface area contributed by atoms with Crippen LogP contribution in [0.1, 0.15) is 18.5 Å². The molecule has 14 heavy (non-hydrogen) atoms. The zero-order valence-electron chi connectivity index (χ0n) is 8.48. The first-order chi connectivity index (χ1) is 6.72. The number of hydrogen-bond acceptors (Lipinski definition) is 4. The van der Waals surface area contributed by atoms with Crippen LogP contribution in [0.2, 0.25) is 0 Å². The number of rotatable bonds is 2. The zero-order chi connectivity index (χ0) is 10.1. The van der Waals surface area contributed by atoms with Crippen molar-refractivity contribution >= 4 is 0 Å². The summed E-state index contributed by atoms with van der Waals surface area (Å²) < 4.78 is 7.22. The van der Waals surface area contributed by atoms with Crippen LogP contribution >= 0.6 is 0 Å². The maximum atomic E-state index is 5.44. The zero-order valence-corrected chi connectivity index (χ0v) is 8.48. The lowest BCUT2D eigenvalue weighted by molar-refractivity contribution is 0.512. The highest BCUT2D eigenvalue weighted by Gasteiger charge is 2.12. The molecule has 0 aliphatic rings. The Bertz CT molecular complexity index is 443. The fourth-order valence-corrected chi connectivity index (χ4v) is 1.21. The Morgan fingerprint density at radius 1 is 1.43 bits per heavy atom. The van der Waals surface area contributed by atoms with Crippen LogP contribution in [0.15, 0.2) is 10.6 Å². The first kappa shape index (κ1) is 8.93. The Balaban J connectivity index is 2.44. The van der Waals surface area contributed by atoms with Gasteiger partial charge in [0.05, 0.1) is 11.8 Å². The lowest BCUT2D eigenvalue weighted by Crippen LogP contribution is -1.92. The third-order valence-electron chi connectivity index (χ3n) is 2.23. The van der Waals surface area contributed by atoms with Gasteiger partial charge < -0.3 is 4.42 Å². The minimum atomic E-state index is 0.549. The summed E-state index contributed by atoms with van der Waals surface area (Å²) in [6.07, 6.45) is 2.49. The van der Waals surface area contributed by atoms with Crippen molar-refractivity contribution in [2.45, 2.75) is 20.3 Å². The first-order valence-electron chi connectivity index (χ1n) is 4.53. The normalized spacial score (nSPS) is 10.8. The van der Waals surface area contributed by atoms with Gasteiger partial charge in [0.1, 0.15) is 0 Å². The van der Waals surface area contributed by atoms with E-state index in [1.54, 1.807) is 10.9 Å². The number of hydrogen-bond donors (Lipinski definition) is 0. The number of nitrogens with zero attached hydrogens (tertiary/aromatic N) is 4. The van der Waals surface area contributed by atoms with Crippen molar-refractivity contribution in [2.24, 2.45) is 7.05 Å². The summed E-state index contributed by atoms with van der Waals surface area (Å²) in [7, 11) is 1.88. The molecule has 0 spiro atoms. The van der Waals surface area contributed by atoms with Gasteiger partial charge in [-0.1, -0.05) is 6.92 Å². The van der Waals surface area contributed by atoms with Gasteiger partial charge in [-0.05, 0) is 6.92 Å². The molecule has 0 unspecified atom stereocenters. The molecule has 2 rings (SSSR count). The summed E-state index contributed by atoms with van der Waals surface area (Å²) in [6, 6.07) is 0. The van der Waals surface area contributed by atoms with Crippen LogP contribution in [0.5, 0.6) is 0 Å². The fourth-order valence-electron chi connectivity index (χ4n) is 1.21. The third kappa shape index (κ3) is 1.30. The van der Waals surface area contributed by atoms with Crippen molar-refractivity contribution < 1.29 is 4.42 Å². The van der Waals surface area contributed by atoms with Crippen LogP contribution in [0, 0.1) is 6.92 Å². The molecule has 0 radical (unpaired) electrons. The average molecular weight is 192 g/mol. The third-order valence-corrected chi connectivity index (χ3v) is 2.23. The highest BCUT2D eigenvalue weighted by molar-refractivity contribution is 5.54. The Morgan fingerprint density at radius 3 is 2.71 bits per heavy atom. The van der Waals surface area contributed by atoms with Crippen molar-refractivity contribution in [2.75, 3.05) is 0 Å². The van der Waals surface area contributed by atoms with Gasteiger partial charge in [-0.25, -0.2) is 0 Å². The minimum absolute atomic E-state index is 0.549. The van der Waals surface area contributed by atoms with E-state index in [4.69, 9.17) is 4.42 Å². The molecule has 5 heteroatoms. The molecule has 2 heterocycles. The van der Waals surface area contributed by atoms with Crippen molar-refractivity contribution in [3.05, 3.63) is 17.8 Å². The summed E-state index contributed by atoms with van der Waals surface area (Å²) in [5.41, 5.74) is 1.93. The van der Waals surface area contributed by atoms with E-state index >= 15 is 0 Å². The van der Waals surface area contributed by atoms with Gasteiger partial charge in [-0.3, -0.25) is 4.68 Å². The second-order valence-corrected chi connectivity index (χ2v) is 3.12. The van der Waals surface area contributed by atoms with Crippen LogP contribution in [0.25, 0.3) is 11.5 Å². The summed E-state index contributed by atoms with van der Waals surface area (Å²) in [5, 5.41) is 12.0. The van der Waals surface area contributed by atoms with Crippen LogP contribution in [-0.2, 0) is 13.5 Å². The largest absolute Gasteiger partial charge is 0.421 e. The summed E-state index contributed by atoms with van der Waals surface area (Å²) >= 11 is 0. The Kier molecular flexibility index (Phi) is 2.07. The second kappa shape index (κ2) is 3.25. The van der Waals surface area contributed by atoms with E-state index in [0.29, 0.717) is 11.8 Å². The molecule has 0 atom stereocenters. The SMILES string of the molecule is CCc1nnc(-c2cnn(C)c2C)o1. The van der Waals surface area contributed by atoms with E-state index in [1.165, 1.54) is 0 Å². The average Bonchev–Trinajstić information content (AvgIpc) is 2.75. The minimum Gasteiger partial charge on any atom is -0.421 e. The molecule has 74 valence electrons. The van der Waals surface area contributed by atoms with Gasteiger partial charge in [0.2, 0.25) is 5.89 Å². The molecule has 2 aromatic rings. The van der Waals surface area contributed by atoms with Crippen LogP contribution in [-0.4, -0.2) is 20.0 Å². The Labute approximate surface area is 81.8 Å². The van der Waals surface area contributed by atoms with Gasteiger partial charge in [-0.2, -0.15) is 5.10 Å². The van der Waals surface area contributed by atoms with Gasteiger partial charge >= 0.3 is 0 Å². The maximum Gasteiger partial charge on any atom is 0.251 e. The highest BCUT2D eigenvalue weighted by Crippen LogP contribution is 2.20. The van der Waals surface area contributed by atoms with Gasteiger partial charge in [0.25, 0.3) is 5.89 Å². The van der Waals surface area contributed by atoms with Gasteiger partial charge in [-0.15, -0.1) is 10.2 Å². The van der Waals surface area contributed by atoms with Gasteiger partial charge in [0.15, 0.2) is 0 Å². The molecule has 0 aliphatic carbocycles. The van der Waals surface area contributed by atoms with Crippen molar-refractivity contribution in [3.63, 3.8) is 0 Å². The second-order valence-electron chi connectivity index (χ2n) is 3.12. The fraction of sp³-hybridized carbons (Fsp3) is 0.444. The standard InChI is InChI=1S/C9H12N4O/c1-4-8-11-12-9(14-8)7-5-10-13(3)6(7)2/h5H,4H2,1-3H3. The van der Waals surface area contributed by atoms with Gasteiger partial charge in [0, 0.05) is 19.2 Å². The van der Waals surface area contributed by atoms with Crippen molar-refractivity contribution in [1.29, 1.82) is 0 Å². The quantitative estimate of drug-likeness (QED) is 0.720. The van der Waals surface area contributed by atoms with E-state index in [0.717, 1.165) is 17.7 Å². The Morgan fingerprint density at radius 2 is 2.21 bits per heavy atom. The molecular formula is C9H12N4O. The van der Waals surface area contributed by atoms with Crippen LogP contribution < -0.4 is 0 Å². The van der Waals surface area contributed by atoms with E-state index in [2.05, 4.69) is 15.3 Å². The number of aromatic nitrogens is 4. The summed E-state index contributed by atoms with van der Waals surface area (Å²) in [6.45, 7) is 3.95. The maximum absolute atomic E-state index is 5.44. The molecule has 0 N–H and O–H groups in total. The van der Waals surface area contributed by atoms with E-state index in [9.17, 15) is 0 Å². The number of aryl methyl sites for hydroxylation is 2. The monoisotopic (exact) mass is 192 g/mol. The highest BCUT2D eigenvalue weighted by atomic mass is 16.4. The van der Waals surface area contributed by atoms with Crippen molar-refractivity contribution in [3.8, 4) is 11.5 Å². The molecule has 0 amide bonds. The first-order valence-corrected chi connectivity index (χ1v) is 4.53. The predicted molar refractivity (Wildman–Crippen MR) is 50.6 cm³/mol. The molecule has 0 saturated heterocycles. The molecule has 0 saturated carbocycles. The Hall–Kier alpha value is -1.65. The topological polar surface area (TPSA) is 56.7 Å². The molecular weight excluding hydrogens is 180 g/mol. The molecule has 0 bridgehead atoms. The molecule has 0 aliphatic heterocycles. The summed E-state index contributed by atoms with van der Waals surface area (Å²) in [5.74, 6) is 1.20. The molecule has 2 aromatic heterocycles. The van der Waals surface area contributed by atoms with E-state index in [-0.39, 0.29) is 0 Å². The lowest BCUT2D eigenvalue weighted by atomic mass is 10.3. The van der Waals surface area contributed by atoms with E-state index < -0.39 is 0 Å². The lowest BCUT2D eigenvalue weighted by Gasteiger charge is -1.93. The molecule has 0 aromatic carbocycles.